The zero-order chi connectivity index (χ0) is 11.5. The van der Waals surface area contributed by atoms with Crippen LogP contribution in [0.4, 0.5) is 4.79 Å². The summed E-state index contributed by atoms with van der Waals surface area (Å²) in [6, 6.07) is 0. The molecular formula is C10H18BNO4. The standard InChI is InChI=1S/C10H18BNO4/c1-2-3-8-4-5-12(10(13)14)9(8)11-15-6-7-16-11/h8-9H,2-7H2,1H3,(H,13,14). The molecule has 16 heavy (non-hydrogen) atoms. The molecule has 6 heteroatoms. The predicted octanol–water partition coefficient (Wildman–Crippen LogP) is 1.23. The summed E-state index contributed by atoms with van der Waals surface area (Å²) in [5, 5.41) is 9.14. The summed E-state index contributed by atoms with van der Waals surface area (Å²) in [5.74, 6) is 0.268. The molecule has 0 aromatic rings. The first-order valence-corrected chi connectivity index (χ1v) is 5.96. The van der Waals surface area contributed by atoms with E-state index >= 15 is 0 Å². The van der Waals surface area contributed by atoms with E-state index in [1.165, 1.54) is 4.90 Å². The average Bonchev–Trinajstić information content (AvgIpc) is 2.84. The van der Waals surface area contributed by atoms with Gasteiger partial charge in [-0.05, 0) is 18.8 Å². The van der Waals surface area contributed by atoms with Crippen molar-refractivity contribution in [1.82, 2.24) is 4.90 Å². The van der Waals surface area contributed by atoms with Gasteiger partial charge in [0.2, 0.25) is 0 Å². The maximum absolute atomic E-state index is 11.1. The summed E-state index contributed by atoms with van der Waals surface area (Å²) in [4.78, 5) is 12.6. The number of rotatable bonds is 3. The Kier molecular flexibility index (Phi) is 3.71. The monoisotopic (exact) mass is 227 g/mol. The van der Waals surface area contributed by atoms with Gasteiger partial charge in [-0.25, -0.2) is 4.79 Å². The molecule has 2 aliphatic heterocycles. The summed E-state index contributed by atoms with van der Waals surface area (Å²) in [5.41, 5.74) is 0. The van der Waals surface area contributed by atoms with E-state index in [1.807, 2.05) is 0 Å². The molecule has 2 fully saturated rings. The van der Waals surface area contributed by atoms with Crippen molar-refractivity contribution in [3.8, 4) is 0 Å². The van der Waals surface area contributed by atoms with Gasteiger partial charge in [-0.15, -0.1) is 0 Å². The van der Waals surface area contributed by atoms with Gasteiger partial charge < -0.3 is 19.3 Å². The molecule has 1 N–H and O–H groups in total. The molecule has 0 spiro atoms. The first-order chi connectivity index (χ1) is 7.74. The number of carboxylic acid groups (broad SMARTS) is 1. The van der Waals surface area contributed by atoms with Crippen LogP contribution in [0.1, 0.15) is 26.2 Å². The molecule has 2 saturated heterocycles. The Morgan fingerprint density at radius 3 is 2.75 bits per heavy atom. The summed E-state index contributed by atoms with van der Waals surface area (Å²) in [6.07, 6.45) is 2.18. The van der Waals surface area contributed by atoms with Gasteiger partial charge in [-0.1, -0.05) is 13.3 Å². The van der Waals surface area contributed by atoms with Gasteiger partial charge in [-0.2, -0.15) is 0 Å². The van der Waals surface area contributed by atoms with Crippen LogP contribution in [0.5, 0.6) is 0 Å². The topological polar surface area (TPSA) is 59.0 Å². The quantitative estimate of drug-likeness (QED) is 0.736. The highest BCUT2D eigenvalue weighted by Crippen LogP contribution is 2.31. The Morgan fingerprint density at radius 2 is 2.19 bits per heavy atom. The van der Waals surface area contributed by atoms with Gasteiger partial charge in [0.15, 0.2) is 0 Å². The average molecular weight is 227 g/mol. The molecule has 0 saturated carbocycles. The minimum absolute atomic E-state index is 0.111. The normalized spacial score (nSPS) is 30.1. The Hall–Kier alpha value is -0.745. The van der Waals surface area contributed by atoms with Gasteiger partial charge in [0.1, 0.15) is 0 Å². The lowest BCUT2D eigenvalue weighted by Gasteiger charge is -2.26. The van der Waals surface area contributed by atoms with Crippen molar-refractivity contribution in [2.24, 2.45) is 5.92 Å². The van der Waals surface area contributed by atoms with E-state index in [0.717, 1.165) is 19.3 Å². The van der Waals surface area contributed by atoms with Gasteiger partial charge >= 0.3 is 13.2 Å². The predicted molar refractivity (Wildman–Crippen MR) is 59.2 cm³/mol. The maximum Gasteiger partial charge on any atom is 0.481 e. The van der Waals surface area contributed by atoms with Crippen LogP contribution in [0.15, 0.2) is 0 Å². The first kappa shape index (κ1) is 11.7. The summed E-state index contributed by atoms with van der Waals surface area (Å²) < 4.78 is 10.9. The van der Waals surface area contributed by atoms with Gasteiger partial charge in [0.05, 0.1) is 19.2 Å². The Balaban J connectivity index is 2.07. The van der Waals surface area contributed by atoms with Crippen molar-refractivity contribution in [2.45, 2.75) is 32.1 Å². The molecule has 2 rings (SSSR count). The molecule has 2 atom stereocenters. The van der Waals surface area contributed by atoms with Crippen molar-refractivity contribution in [2.75, 3.05) is 19.8 Å². The van der Waals surface area contributed by atoms with Crippen molar-refractivity contribution < 1.29 is 19.2 Å². The third-order valence-electron chi connectivity index (χ3n) is 3.42. The maximum atomic E-state index is 11.1. The second-order valence-electron chi connectivity index (χ2n) is 4.41. The SMILES string of the molecule is CCCC1CCN(C(=O)O)C1B1OCCO1. The Labute approximate surface area is 95.8 Å². The molecular weight excluding hydrogens is 209 g/mol. The number of amides is 1. The second kappa shape index (κ2) is 5.06. The molecule has 0 radical (unpaired) electrons. The Bertz CT molecular complexity index is 257. The van der Waals surface area contributed by atoms with Gasteiger partial charge in [-0.3, -0.25) is 0 Å². The fourth-order valence-corrected chi connectivity index (χ4v) is 2.73. The third-order valence-corrected chi connectivity index (χ3v) is 3.42. The lowest BCUT2D eigenvalue weighted by Crippen LogP contribution is -2.48. The highest BCUT2D eigenvalue weighted by atomic mass is 16.6. The van der Waals surface area contributed by atoms with Gasteiger partial charge in [0.25, 0.3) is 0 Å². The lowest BCUT2D eigenvalue weighted by molar-refractivity contribution is 0.139. The number of likely N-dealkylation sites (tertiary alicyclic amines) is 1. The minimum Gasteiger partial charge on any atom is -0.465 e. The molecule has 0 aromatic heterocycles. The largest absolute Gasteiger partial charge is 0.481 e. The van der Waals surface area contributed by atoms with E-state index in [1.54, 1.807) is 0 Å². The first-order valence-electron chi connectivity index (χ1n) is 5.96. The smallest absolute Gasteiger partial charge is 0.465 e. The second-order valence-corrected chi connectivity index (χ2v) is 4.41. The van der Waals surface area contributed by atoms with Crippen molar-refractivity contribution in [3.63, 3.8) is 0 Å². The fourth-order valence-electron chi connectivity index (χ4n) is 2.73. The number of hydrogen-bond acceptors (Lipinski definition) is 3. The van der Waals surface area contributed by atoms with Crippen molar-refractivity contribution in [3.05, 3.63) is 0 Å². The molecule has 0 aromatic carbocycles. The number of nitrogens with zero attached hydrogens (tertiary/aromatic N) is 1. The molecule has 2 unspecified atom stereocenters. The molecule has 2 aliphatic rings. The van der Waals surface area contributed by atoms with E-state index in [9.17, 15) is 4.79 Å². The van der Waals surface area contributed by atoms with Crippen LogP contribution >= 0.6 is 0 Å². The molecule has 90 valence electrons. The highest BCUT2D eigenvalue weighted by Gasteiger charge is 2.47. The van der Waals surface area contributed by atoms with Crippen LogP contribution in [0.2, 0.25) is 0 Å². The zero-order valence-electron chi connectivity index (χ0n) is 9.59. The van der Waals surface area contributed by atoms with Gasteiger partial charge in [0, 0.05) is 6.54 Å². The molecule has 1 amide bonds. The molecule has 0 aliphatic carbocycles. The van der Waals surface area contributed by atoms with Crippen LogP contribution in [0, 0.1) is 5.92 Å². The van der Waals surface area contributed by atoms with Crippen LogP contribution in [-0.4, -0.2) is 48.9 Å². The van der Waals surface area contributed by atoms with E-state index in [-0.39, 0.29) is 13.1 Å². The zero-order valence-corrected chi connectivity index (χ0v) is 9.59. The van der Waals surface area contributed by atoms with E-state index in [4.69, 9.17) is 14.4 Å². The molecule has 0 bridgehead atoms. The van der Waals surface area contributed by atoms with Crippen LogP contribution < -0.4 is 0 Å². The third kappa shape index (κ3) is 2.17. The van der Waals surface area contributed by atoms with E-state index < -0.39 is 6.09 Å². The molecule has 5 nitrogen and oxygen atoms in total. The Morgan fingerprint density at radius 1 is 1.50 bits per heavy atom. The van der Waals surface area contributed by atoms with Crippen molar-refractivity contribution in [1.29, 1.82) is 0 Å². The van der Waals surface area contributed by atoms with E-state index in [2.05, 4.69) is 6.92 Å². The summed E-state index contributed by atoms with van der Waals surface area (Å²) >= 11 is 0. The van der Waals surface area contributed by atoms with E-state index in [0.29, 0.717) is 25.7 Å². The minimum atomic E-state index is -0.859. The van der Waals surface area contributed by atoms with Crippen LogP contribution in [0.3, 0.4) is 0 Å². The molecule has 2 heterocycles. The van der Waals surface area contributed by atoms with Crippen molar-refractivity contribution >= 4 is 13.2 Å². The van der Waals surface area contributed by atoms with Crippen LogP contribution in [-0.2, 0) is 9.31 Å². The number of hydrogen-bond donors (Lipinski definition) is 1. The summed E-state index contributed by atoms with van der Waals surface area (Å²) in [7, 11) is -0.352. The fraction of sp³-hybridized carbons (Fsp3) is 0.900. The van der Waals surface area contributed by atoms with Crippen LogP contribution in [0.25, 0.3) is 0 Å². The highest BCUT2D eigenvalue weighted by molar-refractivity contribution is 6.47. The summed E-state index contributed by atoms with van der Waals surface area (Å²) in [6.45, 7) is 3.88. The number of carbonyl (C=O) groups is 1. The lowest BCUT2D eigenvalue weighted by atomic mass is 9.70.